The fraction of sp³-hybridized carbons (Fsp3) is 0.267. The van der Waals surface area contributed by atoms with Crippen molar-refractivity contribution in [2.75, 3.05) is 6.61 Å². The Morgan fingerprint density at radius 2 is 2.06 bits per heavy atom. The molecule has 0 atom stereocenters. The van der Waals surface area contributed by atoms with E-state index in [1.165, 1.54) is 0 Å². The summed E-state index contributed by atoms with van der Waals surface area (Å²) in [5.41, 5.74) is 1.22. The van der Waals surface area contributed by atoms with Crippen LogP contribution in [0.25, 0.3) is 5.57 Å². The molecule has 0 saturated heterocycles. The van der Waals surface area contributed by atoms with Crippen molar-refractivity contribution < 1.29 is 9.53 Å². The molecule has 0 amide bonds. The highest BCUT2D eigenvalue weighted by Crippen LogP contribution is 2.13. The summed E-state index contributed by atoms with van der Waals surface area (Å²) in [7, 11) is 0. The predicted octanol–water partition coefficient (Wildman–Crippen LogP) is 3.60. The number of ether oxygens (including phenoxy) is 1. The number of esters is 1. The number of benzene rings is 1. The fourth-order valence-corrected chi connectivity index (χ4v) is 1.38. The van der Waals surface area contributed by atoms with Crippen LogP contribution in [0, 0.1) is 0 Å². The molecule has 0 aliphatic heterocycles. The van der Waals surface area contributed by atoms with Crippen molar-refractivity contribution in [3.8, 4) is 0 Å². The molecule has 0 heterocycles. The first kappa shape index (κ1) is 13.2. The van der Waals surface area contributed by atoms with E-state index in [1.807, 2.05) is 43.3 Å². The van der Waals surface area contributed by atoms with Gasteiger partial charge in [0.15, 0.2) is 0 Å². The Balaban J connectivity index is 2.36. The molecule has 2 heteroatoms. The topological polar surface area (TPSA) is 26.3 Å². The molecule has 17 heavy (non-hydrogen) atoms. The highest BCUT2D eigenvalue weighted by molar-refractivity contribution is 6.15. The van der Waals surface area contributed by atoms with Gasteiger partial charge in [0.25, 0.3) is 0 Å². The molecule has 1 aromatic rings. The van der Waals surface area contributed by atoms with Gasteiger partial charge in [0, 0.05) is 0 Å². The second-order valence-corrected chi connectivity index (χ2v) is 3.69. The maximum absolute atomic E-state index is 11.6. The van der Waals surface area contributed by atoms with Crippen molar-refractivity contribution in [2.24, 2.45) is 0 Å². The minimum atomic E-state index is -0.336. The molecule has 0 aromatic heterocycles. The van der Waals surface area contributed by atoms with Crippen molar-refractivity contribution in [1.29, 1.82) is 0 Å². The molecule has 0 radical (unpaired) electrons. The average molecular weight is 230 g/mol. The Morgan fingerprint density at radius 1 is 1.35 bits per heavy atom. The molecular formula is C15H18O2. The molecule has 1 rings (SSSR count). The minimum Gasteiger partial charge on any atom is -0.462 e. The van der Waals surface area contributed by atoms with Crippen molar-refractivity contribution >= 4 is 11.5 Å². The van der Waals surface area contributed by atoms with Crippen molar-refractivity contribution in [3.63, 3.8) is 0 Å². The lowest BCUT2D eigenvalue weighted by Crippen LogP contribution is -2.07. The van der Waals surface area contributed by atoms with Gasteiger partial charge in [-0.25, -0.2) is 4.79 Å². The van der Waals surface area contributed by atoms with Crippen LogP contribution >= 0.6 is 0 Å². The lowest BCUT2D eigenvalue weighted by molar-refractivity contribution is -0.136. The summed E-state index contributed by atoms with van der Waals surface area (Å²) in [6.45, 7) is 6.17. The summed E-state index contributed by atoms with van der Waals surface area (Å²) in [5.74, 6) is -0.336. The zero-order valence-corrected chi connectivity index (χ0v) is 10.2. The average Bonchev–Trinajstić information content (AvgIpc) is 2.38. The second-order valence-electron chi connectivity index (χ2n) is 3.69. The van der Waals surface area contributed by atoms with Crippen LogP contribution in [-0.4, -0.2) is 12.6 Å². The quantitative estimate of drug-likeness (QED) is 0.323. The van der Waals surface area contributed by atoms with E-state index >= 15 is 0 Å². The highest BCUT2D eigenvalue weighted by atomic mass is 16.5. The summed E-state index contributed by atoms with van der Waals surface area (Å²) in [6.07, 6.45) is 5.82. The molecule has 90 valence electrons. The van der Waals surface area contributed by atoms with Gasteiger partial charge < -0.3 is 4.74 Å². The number of unbranched alkanes of at least 4 members (excludes halogenated alkanes) is 1. The van der Waals surface area contributed by atoms with Gasteiger partial charge in [0.2, 0.25) is 0 Å². The number of allylic oxidation sites excluding steroid dienone is 2. The molecule has 0 unspecified atom stereocenters. The SMILES string of the molecule is C=C(C(=O)OCCCC=CC)c1ccccc1. The largest absolute Gasteiger partial charge is 0.462 e. The summed E-state index contributed by atoms with van der Waals surface area (Å²) >= 11 is 0. The normalized spacial score (nSPS) is 10.4. The van der Waals surface area contributed by atoms with E-state index in [9.17, 15) is 4.79 Å². The Kier molecular flexibility index (Phi) is 5.80. The van der Waals surface area contributed by atoms with E-state index in [2.05, 4.69) is 12.7 Å². The maximum atomic E-state index is 11.6. The molecule has 1 aromatic carbocycles. The lowest BCUT2D eigenvalue weighted by atomic mass is 10.1. The van der Waals surface area contributed by atoms with Gasteiger partial charge in [-0.3, -0.25) is 0 Å². The highest BCUT2D eigenvalue weighted by Gasteiger charge is 2.09. The number of carbonyl (C=O) groups excluding carboxylic acids is 1. The summed E-state index contributed by atoms with van der Waals surface area (Å²) in [6, 6.07) is 9.35. The van der Waals surface area contributed by atoms with Crippen LogP contribution < -0.4 is 0 Å². The van der Waals surface area contributed by atoms with Crippen molar-refractivity contribution in [2.45, 2.75) is 19.8 Å². The second kappa shape index (κ2) is 7.44. The molecule has 0 N–H and O–H groups in total. The summed E-state index contributed by atoms with van der Waals surface area (Å²) in [4.78, 5) is 11.6. The first-order chi connectivity index (χ1) is 8.25. The van der Waals surface area contributed by atoms with Gasteiger partial charge in [0.1, 0.15) is 0 Å². The Hall–Kier alpha value is -1.83. The van der Waals surface area contributed by atoms with Crippen molar-refractivity contribution in [1.82, 2.24) is 0 Å². The van der Waals surface area contributed by atoms with E-state index in [1.54, 1.807) is 0 Å². The van der Waals surface area contributed by atoms with Crippen LogP contribution in [-0.2, 0) is 9.53 Å². The molecule has 2 nitrogen and oxygen atoms in total. The first-order valence-electron chi connectivity index (χ1n) is 5.78. The van der Waals surface area contributed by atoms with E-state index in [-0.39, 0.29) is 5.97 Å². The van der Waals surface area contributed by atoms with E-state index in [0.29, 0.717) is 12.2 Å². The van der Waals surface area contributed by atoms with Crippen LogP contribution in [0.2, 0.25) is 0 Å². The Bertz CT molecular complexity index is 391. The first-order valence-corrected chi connectivity index (χ1v) is 5.78. The lowest BCUT2D eigenvalue weighted by Gasteiger charge is -2.06. The number of hydrogen-bond donors (Lipinski definition) is 0. The molecule has 0 saturated carbocycles. The number of hydrogen-bond acceptors (Lipinski definition) is 2. The van der Waals surface area contributed by atoms with Gasteiger partial charge >= 0.3 is 5.97 Å². The molecular weight excluding hydrogens is 212 g/mol. The summed E-state index contributed by atoms with van der Waals surface area (Å²) in [5, 5.41) is 0. The van der Waals surface area contributed by atoms with Crippen LogP contribution in [0.5, 0.6) is 0 Å². The third kappa shape index (κ3) is 4.68. The zero-order valence-electron chi connectivity index (χ0n) is 10.2. The molecule has 0 spiro atoms. The van der Waals surface area contributed by atoms with Crippen LogP contribution in [0.3, 0.4) is 0 Å². The summed E-state index contributed by atoms with van der Waals surface area (Å²) < 4.78 is 5.13. The van der Waals surface area contributed by atoms with E-state index < -0.39 is 0 Å². The van der Waals surface area contributed by atoms with Gasteiger partial charge in [-0.15, -0.1) is 0 Å². The number of carbonyl (C=O) groups is 1. The molecule has 0 fully saturated rings. The fourth-order valence-electron chi connectivity index (χ4n) is 1.38. The zero-order chi connectivity index (χ0) is 12.5. The van der Waals surface area contributed by atoms with Gasteiger partial charge in [-0.1, -0.05) is 49.1 Å². The van der Waals surface area contributed by atoms with Gasteiger partial charge in [-0.05, 0) is 25.3 Å². The van der Waals surface area contributed by atoms with Crippen LogP contribution in [0.4, 0.5) is 0 Å². The third-order valence-electron chi connectivity index (χ3n) is 2.35. The maximum Gasteiger partial charge on any atom is 0.338 e. The van der Waals surface area contributed by atoms with E-state index in [0.717, 1.165) is 18.4 Å². The minimum absolute atomic E-state index is 0.336. The predicted molar refractivity (Wildman–Crippen MR) is 70.5 cm³/mol. The Morgan fingerprint density at radius 3 is 2.71 bits per heavy atom. The molecule has 0 aliphatic rings. The third-order valence-corrected chi connectivity index (χ3v) is 2.35. The molecule has 0 aliphatic carbocycles. The van der Waals surface area contributed by atoms with Gasteiger partial charge in [0.05, 0.1) is 12.2 Å². The number of rotatable bonds is 6. The van der Waals surface area contributed by atoms with Gasteiger partial charge in [-0.2, -0.15) is 0 Å². The van der Waals surface area contributed by atoms with E-state index in [4.69, 9.17) is 4.74 Å². The van der Waals surface area contributed by atoms with Crippen LogP contribution in [0.15, 0.2) is 49.1 Å². The standard InChI is InChI=1S/C15H18O2/c1-3-4-5-9-12-17-15(16)13(2)14-10-7-6-8-11-14/h3-4,6-8,10-11H,2,5,9,12H2,1H3. The monoisotopic (exact) mass is 230 g/mol. The molecule has 0 bridgehead atoms. The van der Waals surface area contributed by atoms with Crippen LogP contribution in [0.1, 0.15) is 25.3 Å². The smallest absolute Gasteiger partial charge is 0.338 e. The Labute approximate surface area is 103 Å². The van der Waals surface area contributed by atoms with Crippen molar-refractivity contribution in [3.05, 3.63) is 54.6 Å².